The van der Waals surface area contributed by atoms with Crippen molar-refractivity contribution in [2.75, 3.05) is 0 Å². The largest absolute Gasteiger partial charge is 0.456 e. The van der Waals surface area contributed by atoms with E-state index >= 15 is 0 Å². The molecule has 2 amide bonds. The number of nitrogens with one attached hydrogen (secondary N) is 1. The highest BCUT2D eigenvalue weighted by Gasteiger charge is 2.43. The molecule has 0 aliphatic carbocycles. The predicted octanol–water partition coefficient (Wildman–Crippen LogP) is 2.87. The number of H-pyrrole nitrogens is 1. The summed E-state index contributed by atoms with van der Waals surface area (Å²) < 4.78 is 5.46. The van der Waals surface area contributed by atoms with Gasteiger partial charge in [0.05, 0.1) is 22.0 Å². The first-order valence-corrected chi connectivity index (χ1v) is 10.7. The van der Waals surface area contributed by atoms with Crippen molar-refractivity contribution in [2.24, 2.45) is 0 Å². The van der Waals surface area contributed by atoms with Crippen LogP contribution < -0.4 is 5.56 Å². The fourth-order valence-electron chi connectivity index (χ4n) is 4.05. The van der Waals surface area contributed by atoms with E-state index in [2.05, 4.69) is 9.97 Å². The van der Waals surface area contributed by atoms with Gasteiger partial charge in [-0.2, -0.15) is 0 Å². The molecule has 0 unspecified atom stereocenters. The number of fused-ring (bicyclic) bond motifs is 2. The predicted molar refractivity (Wildman–Crippen MR) is 123 cm³/mol. The van der Waals surface area contributed by atoms with E-state index in [-0.39, 0.29) is 35.5 Å². The van der Waals surface area contributed by atoms with E-state index < -0.39 is 23.8 Å². The number of esters is 1. The molecular formula is C26H19N3O5. The molecule has 8 heteroatoms. The Kier molecular flexibility index (Phi) is 5.47. The van der Waals surface area contributed by atoms with Gasteiger partial charge in [-0.05, 0) is 29.8 Å². The number of hydrogen-bond donors (Lipinski definition) is 1. The molecule has 34 heavy (non-hydrogen) atoms. The van der Waals surface area contributed by atoms with Crippen molar-refractivity contribution in [1.82, 2.24) is 14.9 Å². The van der Waals surface area contributed by atoms with Gasteiger partial charge in [0.15, 0.2) is 0 Å². The Balaban J connectivity index is 1.43. The topological polar surface area (TPSA) is 109 Å². The van der Waals surface area contributed by atoms with Crippen LogP contribution in [-0.4, -0.2) is 38.7 Å². The van der Waals surface area contributed by atoms with Crippen LogP contribution in [-0.2, 0) is 22.6 Å². The Hall–Kier alpha value is -4.59. The summed E-state index contributed by atoms with van der Waals surface area (Å²) in [5.41, 5.74) is 1.38. The van der Waals surface area contributed by atoms with Crippen LogP contribution in [0.5, 0.6) is 0 Å². The van der Waals surface area contributed by atoms with Gasteiger partial charge >= 0.3 is 5.97 Å². The molecule has 0 radical (unpaired) electrons. The third-order valence-electron chi connectivity index (χ3n) is 5.69. The van der Waals surface area contributed by atoms with Crippen LogP contribution in [0.4, 0.5) is 0 Å². The Morgan fingerprint density at radius 1 is 0.853 bits per heavy atom. The van der Waals surface area contributed by atoms with Crippen LogP contribution >= 0.6 is 0 Å². The maximum absolute atomic E-state index is 13.2. The molecule has 4 aromatic rings. The van der Waals surface area contributed by atoms with Crippen LogP contribution in [0.25, 0.3) is 10.9 Å². The minimum Gasteiger partial charge on any atom is -0.456 e. The van der Waals surface area contributed by atoms with Gasteiger partial charge in [-0.1, -0.05) is 54.6 Å². The summed E-state index contributed by atoms with van der Waals surface area (Å²) in [5, 5.41) is 0.422. The molecular weight excluding hydrogens is 434 g/mol. The number of para-hydroxylation sites is 1. The SMILES string of the molecule is O=C(OCc1nc2ccccc2c(=O)[nH]1)[C@H](Cc1ccccc1)N1C(=O)c2ccccc2C1=O. The number of amides is 2. The molecule has 8 nitrogen and oxygen atoms in total. The second-order valence-electron chi connectivity index (χ2n) is 7.87. The lowest BCUT2D eigenvalue weighted by Crippen LogP contribution is -2.47. The van der Waals surface area contributed by atoms with E-state index in [0.717, 1.165) is 10.5 Å². The molecule has 1 aliphatic heterocycles. The zero-order valence-electron chi connectivity index (χ0n) is 17.9. The van der Waals surface area contributed by atoms with Gasteiger partial charge in [-0.3, -0.25) is 19.3 Å². The Bertz CT molecular complexity index is 1440. The number of benzene rings is 3. The van der Waals surface area contributed by atoms with E-state index in [1.807, 2.05) is 18.2 Å². The van der Waals surface area contributed by atoms with E-state index in [1.54, 1.807) is 60.7 Å². The van der Waals surface area contributed by atoms with Gasteiger partial charge < -0.3 is 9.72 Å². The minimum atomic E-state index is -1.18. The van der Waals surface area contributed by atoms with E-state index in [0.29, 0.717) is 10.9 Å². The number of imide groups is 1. The van der Waals surface area contributed by atoms with E-state index in [1.165, 1.54) is 0 Å². The maximum atomic E-state index is 13.2. The fourth-order valence-corrected chi connectivity index (χ4v) is 4.05. The van der Waals surface area contributed by atoms with Crippen LogP contribution in [0, 0.1) is 0 Å². The number of aromatic amines is 1. The van der Waals surface area contributed by atoms with Gasteiger partial charge in [0.2, 0.25) is 0 Å². The van der Waals surface area contributed by atoms with Crippen molar-refractivity contribution < 1.29 is 19.1 Å². The van der Waals surface area contributed by atoms with Gasteiger partial charge in [-0.25, -0.2) is 9.78 Å². The van der Waals surface area contributed by atoms with Gasteiger partial charge in [0.1, 0.15) is 18.5 Å². The van der Waals surface area contributed by atoms with E-state index in [4.69, 9.17) is 4.74 Å². The van der Waals surface area contributed by atoms with Crippen molar-refractivity contribution in [1.29, 1.82) is 0 Å². The highest BCUT2D eigenvalue weighted by molar-refractivity contribution is 6.22. The molecule has 0 spiro atoms. The standard InChI is InChI=1S/C26H19N3O5/c30-23-19-12-6-7-13-20(19)27-22(28-23)15-34-26(33)21(14-16-8-2-1-3-9-16)29-24(31)17-10-4-5-11-18(17)25(29)32/h1-13,21H,14-15H2,(H,27,28,30)/t21-/m0/s1. The maximum Gasteiger partial charge on any atom is 0.330 e. The van der Waals surface area contributed by atoms with Crippen molar-refractivity contribution in [2.45, 2.75) is 19.1 Å². The molecule has 1 N–H and O–H groups in total. The summed E-state index contributed by atoms with van der Waals surface area (Å²) in [7, 11) is 0. The number of carbonyl (C=O) groups excluding carboxylic acids is 3. The number of carbonyl (C=O) groups is 3. The highest BCUT2D eigenvalue weighted by atomic mass is 16.5. The zero-order valence-corrected chi connectivity index (χ0v) is 17.9. The first-order valence-electron chi connectivity index (χ1n) is 10.7. The monoisotopic (exact) mass is 453 g/mol. The average molecular weight is 453 g/mol. The Morgan fingerprint density at radius 3 is 2.18 bits per heavy atom. The second-order valence-corrected chi connectivity index (χ2v) is 7.87. The van der Waals surface area contributed by atoms with Crippen molar-refractivity contribution in [3.8, 4) is 0 Å². The average Bonchev–Trinajstić information content (AvgIpc) is 3.11. The Labute approximate surface area is 193 Å². The number of nitrogens with zero attached hydrogens (tertiary/aromatic N) is 2. The van der Waals surface area contributed by atoms with Gasteiger partial charge in [0, 0.05) is 6.42 Å². The molecule has 0 saturated heterocycles. The minimum absolute atomic E-state index is 0.0901. The summed E-state index contributed by atoms with van der Waals surface area (Å²) in [6, 6.07) is 21.2. The lowest BCUT2D eigenvalue weighted by atomic mass is 10.0. The fraction of sp³-hybridized carbons (Fsp3) is 0.115. The number of hydrogen-bond acceptors (Lipinski definition) is 6. The molecule has 1 atom stereocenters. The van der Waals surface area contributed by atoms with Crippen LogP contribution in [0.3, 0.4) is 0 Å². The molecule has 0 bridgehead atoms. The summed E-state index contributed by atoms with van der Waals surface area (Å²) >= 11 is 0. The van der Waals surface area contributed by atoms with Crippen molar-refractivity contribution in [3.05, 3.63) is 112 Å². The first-order chi connectivity index (χ1) is 16.5. The summed E-state index contributed by atoms with van der Waals surface area (Å²) in [5.74, 6) is -1.70. The quantitative estimate of drug-likeness (QED) is 0.355. The first kappa shape index (κ1) is 21.3. The molecule has 1 aliphatic rings. The van der Waals surface area contributed by atoms with Crippen LogP contribution in [0.2, 0.25) is 0 Å². The normalized spacial score (nSPS) is 13.7. The van der Waals surface area contributed by atoms with Gasteiger partial charge in [0.25, 0.3) is 17.4 Å². The third kappa shape index (κ3) is 3.86. The molecule has 1 aromatic heterocycles. The number of rotatable bonds is 6. The molecule has 2 heterocycles. The molecule has 3 aromatic carbocycles. The molecule has 168 valence electrons. The smallest absolute Gasteiger partial charge is 0.330 e. The number of aromatic nitrogens is 2. The van der Waals surface area contributed by atoms with Crippen molar-refractivity contribution in [3.63, 3.8) is 0 Å². The van der Waals surface area contributed by atoms with Crippen molar-refractivity contribution >= 4 is 28.7 Å². The third-order valence-corrected chi connectivity index (χ3v) is 5.69. The summed E-state index contributed by atoms with van der Waals surface area (Å²) in [6.45, 7) is -0.312. The summed E-state index contributed by atoms with van der Waals surface area (Å²) in [4.78, 5) is 59.5. The van der Waals surface area contributed by atoms with Crippen LogP contribution in [0.15, 0.2) is 83.7 Å². The molecule has 5 rings (SSSR count). The second kappa shape index (κ2) is 8.74. The lowest BCUT2D eigenvalue weighted by molar-refractivity contribution is -0.149. The van der Waals surface area contributed by atoms with Crippen LogP contribution in [0.1, 0.15) is 32.1 Å². The molecule has 0 fully saturated rings. The lowest BCUT2D eigenvalue weighted by Gasteiger charge is -2.24. The number of ether oxygens (including phenoxy) is 1. The summed E-state index contributed by atoms with van der Waals surface area (Å²) in [6.07, 6.45) is 0.0901. The van der Waals surface area contributed by atoms with Gasteiger partial charge in [-0.15, -0.1) is 0 Å². The zero-order chi connectivity index (χ0) is 23.7. The van der Waals surface area contributed by atoms with E-state index in [9.17, 15) is 19.2 Å². The highest BCUT2D eigenvalue weighted by Crippen LogP contribution is 2.26. The molecule has 0 saturated carbocycles. The Morgan fingerprint density at radius 2 is 1.47 bits per heavy atom.